The van der Waals surface area contributed by atoms with Gasteiger partial charge in [0.1, 0.15) is 0 Å². The van der Waals surface area contributed by atoms with Crippen molar-refractivity contribution in [3.8, 4) is 89.0 Å². The van der Waals surface area contributed by atoms with Gasteiger partial charge in [0, 0.05) is 82.4 Å². The molecule has 0 saturated heterocycles. The molecule has 12 heterocycles. The van der Waals surface area contributed by atoms with Crippen molar-refractivity contribution in [2.24, 2.45) is 0 Å². The molecule has 0 amide bonds. The summed E-state index contributed by atoms with van der Waals surface area (Å²) < 4.78 is 0. The van der Waals surface area contributed by atoms with Gasteiger partial charge < -0.3 is 19.6 Å². The summed E-state index contributed by atoms with van der Waals surface area (Å²) in [6, 6.07) is 116. The van der Waals surface area contributed by atoms with Crippen LogP contribution in [0, 0.1) is 0 Å². The highest BCUT2D eigenvalue weighted by Gasteiger charge is 2.45. The Bertz CT molecular complexity index is 8390. The molecule has 8 aliphatic heterocycles. The molecular formula is C132H88N8. The molecule has 656 valence electrons. The smallest absolute Gasteiger partial charge is 0.0716 e. The van der Waals surface area contributed by atoms with E-state index in [-0.39, 0.29) is 0 Å². The second kappa shape index (κ2) is 28.5. The number of nitrogens with zero attached hydrogens (tertiary/aromatic N) is 8. The molecule has 0 unspecified atom stereocenters. The van der Waals surface area contributed by atoms with Crippen molar-refractivity contribution in [1.29, 1.82) is 0 Å². The zero-order chi connectivity index (χ0) is 90.7. The van der Waals surface area contributed by atoms with Gasteiger partial charge in [-0.15, -0.1) is 0 Å². The van der Waals surface area contributed by atoms with Crippen LogP contribution in [-0.2, 0) is 103 Å². The first-order chi connectivity index (χ1) is 69.4. The van der Waals surface area contributed by atoms with Gasteiger partial charge in [-0.05, 0) is 368 Å². The normalized spacial score (nSPS) is 14.9. The molecular weight excluding hydrogens is 1700 g/mol. The summed E-state index contributed by atoms with van der Waals surface area (Å²) in [4.78, 5) is 29.7. The molecule has 0 spiro atoms. The molecule has 140 heavy (non-hydrogen) atoms. The molecule has 36 rings (SSSR count). The van der Waals surface area contributed by atoms with Gasteiger partial charge in [-0.25, -0.2) is 0 Å². The molecule has 0 N–H and O–H groups in total. The van der Waals surface area contributed by atoms with Gasteiger partial charge in [0.25, 0.3) is 0 Å². The highest BCUT2D eigenvalue weighted by molar-refractivity contribution is 6.03. The molecule has 0 atom stereocenters. The fraction of sp³-hybridized carbons (Fsp3) is 0.121. The van der Waals surface area contributed by atoms with Crippen LogP contribution in [0.3, 0.4) is 0 Å². The van der Waals surface area contributed by atoms with Crippen LogP contribution in [0.15, 0.2) is 340 Å². The fourth-order valence-corrected chi connectivity index (χ4v) is 28.7. The van der Waals surface area contributed by atoms with Crippen molar-refractivity contribution in [2.75, 3.05) is 19.6 Å². The van der Waals surface area contributed by atoms with Crippen molar-refractivity contribution < 1.29 is 0 Å². The number of aromatic nitrogens is 4. The summed E-state index contributed by atoms with van der Waals surface area (Å²) >= 11 is 0. The van der Waals surface area contributed by atoms with E-state index in [4.69, 9.17) is 19.9 Å². The van der Waals surface area contributed by atoms with Crippen LogP contribution in [0.2, 0.25) is 0 Å². The van der Waals surface area contributed by atoms with Gasteiger partial charge in [-0.1, -0.05) is 243 Å². The summed E-state index contributed by atoms with van der Waals surface area (Å²) in [6.07, 6.45) is 26.1. The Morgan fingerprint density at radius 1 is 0.143 bits per heavy atom. The number of pyridine rings is 4. The first-order valence-electron chi connectivity index (χ1n) is 50.3. The predicted molar refractivity (Wildman–Crippen MR) is 564 cm³/mol. The van der Waals surface area contributed by atoms with Crippen LogP contribution in [0.5, 0.6) is 0 Å². The van der Waals surface area contributed by atoms with Crippen molar-refractivity contribution in [1.82, 2.24) is 19.9 Å². The SMILES string of the molecule is c1ccc2c(c1)Cc1c-2ccc2c1Cc1ccnc3c1N2c1ccc2c(c1C3)-c1ccccc1C2.c1ccc2c(c1)Cc1c-2ccc2c1Cc1ccnc3c1N2c1ccc2c(c1C3)Cc1ccccc1-2.c1ccc2c(c1)Cc1c-2ccc2c1Cc1cncc3c1N2c1ccc2c(c1C3)-c1ccccc1C2.c1ccc2c(c1)Cc1c-2ccc2c1Cc1nccc3c1N2c1ccc2c(c1C3)-c1ccccc1C2. The van der Waals surface area contributed by atoms with Crippen LogP contribution < -0.4 is 19.6 Å². The lowest BCUT2D eigenvalue weighted by molar-refractivity contribution is 0.943. The number of hydrogen-bond donors (Lipinski definition) is 0. The number of rotatable bonds is 0. The van der Waals surface area contributed by atoms with Gasteiger partial charge >= 0.3 is 0 Å². The molecule has 0 saturated carbocycles. The van der Waals surface area contributed by atoms with Crippen LogP contribution in [0.1, 0.15) is 178 Å². The van der Waals surface area contributed by atoms with E-state index in [1.165, 1.54) is 336 Å². The maximum atomic E-state index is 4.93. The Morgan fingerprint density at radius 3 is 0.664 bits per heavy atom. The van der Waals surface area contributed by atoms with E-state index in [9.17, 15) is 0 Å². The lowest BCUT2D eigenvalue weighted by Gasteiger charge is -2.40. The zero-order valence-electron chi connectivity index (χ0n) is 77.2. The lowest BCUT2D eigenvalue weighted by atomic mass is 9.83. The second-order valence-corrected chi connectivity index (χ2v) is 41.3. The van der Waals surface area contributed by atoms with Crippen molar-refractivity contribution >= 4 is 68.2 Å². The van der Waals surface area contributed by atoms with Crippen molar-refractivity contribution in [2.45, 2.75) is 103 Å². The molecule has 16 aromatic carbocycles. The fourth-order valence-electron chi connectivity index (χ4n) is 28.7. The number of hydrogen-bond acceptors (Lipinski definition) is 8. The lowest BCUT2D eigenvalue weighted by Crippen LogP contribution is -2.26. The standard InChI is InChI=1S/4C33H22N2/c1-3-7-24-20(6-1)14-27-26(24)10-12-30-28(27)15-22-17-34-18-23-16-29-31(35(30)33(22)23)11-9-21-13-19-5-2-4-8-25(19)32(21)29;1-3-7-23-20(6-1)16-26-25(23)10-12-30-27(26)18-29-33-22(13-14-34-29)17-28-31(35(30)33)11-9-21-15-19-5-2-4-8-24(19)32(21)28;1-3-7-23-20(6-1)16-26-25(23)10-12-30-27(26)17-22-13-14-34-29-18-28-31(35(30)33(22)29)11-9-21-15-19-5-2-4-8-24(19)32(21)28;1-3-7-22-19(5-1)15-26-24(22)9-11-31-28(26)17-21-13-14-34-30-18-29-27-16-20-6-2-4-8-23(20)25(27)10-12-32(29)35(31)33(21)30/h1-12,17-18H,13-16H2;3*1-14H,15-18H2. The largest absolute Gasteiger partial charge is 0.309 e. The average Bonchev–Trinajstić information content (AvgIpc) is 1.13. The molecule has 0 fully saturated rings. The average molecular weight is 1790 g/mol. The summed E-state index contributed by atoms with van der Waals surface area (Å²) in [6.45, 7) is 0. The molecule has 8 heteroatoms. The summed E-state index contributed by atoms with van der Waals surface area (Å²) in [7, 11) is 0. The third kappa shape index (κ3) is 10.6. The Balaban J connectivity index is 0.0000000829. The summed E-state index contributed by atoms with van der Waals surface area (Å²) in [5.74, 6) is 0. The third-order valence-corrected chi connectivity index (χ3v) is 34.5. The van der Waals surface area contributed by atoms with E-state index in [0.717, 1.165) is 103 Å². The maximum Gasteiger partial charge on any atom is 0.0716 e. The highest BCUT2D eigenvalue weighted by atomic mass is 15.2. The molecule has 8 aliphatic carbocycles. The second-order valence-electron chi connectivity index (χ2n) is 41.3. The van der Waals surface area contributed by atoms with Crippen molar-refractivity contribution in [3.63, 3.8) is 0 Å². The quantitative estimate of drug-likeness (QED) is 0.149. The van der Waals surface area contributed by atoms with E-state index < -0.39 is 0 Å². The predicted octanol–water partition coefficient (Wildman–Crippen LogP) is 30.0. The maximum absolute atomic E-state index is 4.93. The highest BCUT2D eigenvalue weighted by Crippen LogP contribution is 2.63. The molecule has 16 aliphatic rings. The van der Waals surface area contributed by atoms with E-state index >= 15 is 0 Å². The van der Waals surface area contributed by atoms with Gasteiger partial charge in [0.05, 0.1) is 85.3 Å². The number of anilines is 12. The third-order valence-electron chi connectivity index (χ3n) is 34.5. The van der Waals surface area contributed by atoms with E-state index in [1.807, 2.05) is 18.6 Å². The van der Waals surface area contributed by atoms with E-state index in [0.29, 0.717) is 0 Å². The van der Waals surface area contributed by atoms with Crippen LogP contribution in [0.25, 0.3) is 89.0 Å². The molecule has 4 aromatic heterocycles. The topological polar surface area (TPSA) is 64.5 Å². The minimum absolute atomic E-state index is 0.901. The molecule has 20 aromatic rings. The first kappa shape index (κ1) is 76.5. The minimum Gasteiger partial charge on any atom is -0.309 e. The zero-order valence-corrected chi connectivity index (χ0v) is 77.2. The van der Waals surface area contributed by atoms with E-state index in [2.05, 4.69) is 341 Å². The summed E-state index contributed by atoms with van der Waals surface area (Å²) in [5, 5.41) is 0. The Morgan fingerprint density at radius 2 is 0.357 bits per heavy atom. The molecule has 8 nitrogen and oxygen atoms in total. The Hall–Kier alpha value is -16.7. The monoisotopic (exact) mass is 1780 g/mol. The van der Waals surface area contributed by atoms with Crippen molar-refractivity contribution in [3.05, 3.63) is 519 Å². The van der Waals surface area contributed by atoms with Crippen LogP contribution in [-0.4, -0.2) is 19.9 Å². The number of benzene rings is 16. The first-order valence-corrected chi connectivity index (χ1v) is 50.3. The minimum atomic E-state index is 0.901. The Kier molecular flexibility index (Phi) is 15.6. The molecule has 0 radical (unpaired) electrons. The van der Waals surface area contributed by atoms with Gasteiger partial charge in [-0.2, -0.15) is 0 Å². The van der Waals surface area contributed by atoms with Gasteiger partial charge in [0.15, 0.2) is 0 Å². The number of fused-ring (bicyclic) bond motifs is 48. The van der Waals surface area contributed by atoms with Crippen LogP contribution >= 0.6 is 0 Å². The summed E-state index contributed by atoms with van der Waals surface area (Å²) in [5.41, 5.74) is 84.3. The van der Waals surface area contributed by atoms with Gasteiger partial charge in [-0.3, -0.25) is 19.9 Å². The molecule has 0 bridgehead atoms. The Labute approximate surface area is 812 Å². The van der Waals surface area contributed by atoms with Gasteiger partial charge in [0.2, 0.25) is 0 Å². The van der Waals surface area contributed by atoms with Crippen LogP contribution in [0.4, 0.5) is 68.2 Å². The van der Waals surface area contributed by atoms with E-state index in [1.54, 1.807) is 0 Å².